The van der Waals surface area contributed by atoms with Crippen molar-refractivity contribution in [2.24, 2.45) is 0 Å². The van der Waals surface area contributed by atoms with Crippen LogP contribution in [0.15, 0.2) is 42.6 Å². The van der Waals surface area contributed by atoms with Crippen LogP contribution >= 0.6 is 0 Å². The number of aromatic amines is 1. The second-order valence-corrected chi connectivity index (χ2v) is 8.76. The maximum atomic E-state index is 13.2. The molecule has 182 valence electrons. The molecule has 1 atom stereocenters. The Hall–Kier alpha value is -3.04. The fourth-order valence-corrected chi connectivity index (χ4v) is 4.84. The molecule has 0 spiro atoms. The number of fused-ring (bicyclic) bond motifs is 1. The van der Waals surface area contributed by atoms with Crippen molar-refractivity contribution in [1.82, 2.24) is 14.8 Å². The topological polar surface area (TPSA) is 68.8 Å². The lowest BCUT2D eigenvalue weighted by Crippen LogP contribution is -2.39. The van der Waals surface area contributed by atoms with Crippen molar-refractivity contribution >= 4 is 16.9 Å². The van der Waals surface area contributed by atoms with Crippen LogP contribution in [0.2, 0.25) is 0 Å². The van der Waals surface area contributed by atoms with Crippen LogP contribution in [0.25, 0.3) is 10.9 Å². The average molecular weight is 476 g/mol. The third-order valence-electron chi connectivity index (χ3n) is 6.43. The Morgan fingerprint density at radius 1 is 1.21 bits per heavy atom. The van der Waals surface area contributed by atoms with Crippen molar-refractivity contribution in [2.45, 2.75) is 32.1 Å². The van der Waals surface area contributed by atoms with Crippen LogP contribution in [0.1, 0.15) is 39.5 Å². The van der Waals surface area contributed by atoms with Gasteiger partial charge in [-0.1, -0.05) is 12.1 Å². The van der Waals surface area contributed by atoms with E-state index >= 15 is 0 Å². The summed E-state index contributed by atoms with van der Waals surface area (Å²) < 4.78 is 45.4. The van der Waals surface area contributed by atoms with E-state index in [4.69, 9.17) is 4.74 Å². The number of benzene rings is 2. The molecule has 1 fully saturated rings. The predicted octanol–water partition coefficient (Wildman–Crippen LogP) is 4.99. The molecule has 2 aromatic carbocycles. The van der Waals surface area contributed by atoms with E-state index in [1.165, 1.54) is 17.0 Å². The van der Waals surface area contributed by atoms with Crippen molar-refractivity contribution in [2.75, 3.05) is 33.3 Å². The van der Waals surface area contributed by atoms with E-state index in [9.17, 15) is 23.1 Å². The number of carbonyl (C=O) groups is 1. The van der Waals surface area contributed by atoms with Crippen LogP contribution in [-0.4, -0.2) is 65.3 Å². The molecule has 1 aromatic heterocycles. The highest BCUT2D eigenvalue weighted by Crippen LogP contribution is 2.35. The van der Waals surface area contributed by atoms with Gasteiger partial charge in [-0.25, -0.2) is 4.79 Å². The molecular formula is C25H28F3N3O3. The van der Waals surface area contributed by atoms with Gasteiger partial charge >= 0.3 is 12.1 Å². The van der Waals surface area contributed by atoms with E-state index in [1.54, 1.807) is 19.2 Å². The maximum Gasteiger partial charge on any atom is 0.401 e. The predicted molar refractivity (Wildman–Crippen MR) is 123 cm³/mol. The van der Waals surface area contributed by atoms with Gasteiger partial charge in [0.15, 0.2) is 0 Å². The number of carboxylic acid groups (broad SMARTS) is 1. The van der Waals surface area contributed by atoms with Crippen LogP contribution in [0.3, 0.4) is 0 Å². The largest absolute Gasteiger partial charge is 0.496 e. The number of carboxylic acids is 1. The second-order valence-electron chi connectivity index (χ2n) is 8.76. The normalized spacial score (nSPS) is 18.2. The number of halogens is 3. The van der Waals surface area contributed by atoms with Gasteiger partial charge in [-0.2, -0.15) is 13.2 Å². The first-order valence-electron chi connectivity index (χ1n) is 11.2. The highest BCUT2D eigenvalue weighted by molar-refractivity contribution is 5.88. The molecule has 9 heteroatoms. The molecule has 2 heterocycles. The average Bonchev–Trinajstić information content (AvgIpc) is 3.20. The molecule has 1 unspecified atom stereocenters. The number of methoxy groups -OCH3 is 1. The lowest BCUT2D eigenvalue weighted by atomic mass is 10.00. The number of aromatic carboxylic acids is 1. The maximum absolute atomic E-state index is 13.2. The number of alkyl halides is 3. The summed E-state index contributed by atoms with van der Waals surface area (Å²) in [7, 11) is 1.62. The van der Waals surface area contributed by atoms with Gasteiger partial charge < -0.3 is 14.8 Å². The molecule has 1 saturated heterocycles. The first-order chi connectivity index (χ1) is 16.2. The van der Waals surface area contributed by atoms with Crippen LogP contribution in [0, 0.1) is 6.92 Å². The molecule has 6 nitrogen and oxygen atoms in total. The summed E-state index contributed by atoms with van der Waals surface area (Å²) in [5.74, 6) is -0.303. The van der Waals surface area contributed by atoms with Gasteiger partial charge in [0.2, 0.25) is 0 Å². The zero-order valence-electron chi connectivity index (χ0n) is 19.2. The monoisotopic (exact) mass is 475 g/mol. The van der Waals surface area contributed by atoms with Gasteiger partial charge in [-0.15, -0.1) is 0 Å². The number of nitrogens with one attached hydrogen (secondary N) is 1. The summed E-state index contributed by atoms with van der Waals surface area (Å²) in [5.41, 5.74) is 3.96. The summed E-state index contributed by atoms with van der Waals surface area (Å²) in [6, 6.07) is 10.0. The lowest BCUT2D eigenvalue weighted by molar-refractivity contribution is -0.146. The minimum absolute atomic E-state index is 0.144. The Balaban J connectivity index is 1.72. The number of rotatable bonds is 6. The first kappa shape index (κ1) is 24.1. The highest BCUT2D eigenvalue weighted by atomic mass is 19.4. The number of hydrogen-bond donors (Lipinski definition) is 2. The Bertz CT molecular complexity index is 1160. The van der Waals surface area contributed by atoms with Crippen LogP contribution in [0.5, 0.6) is 5.75 Å². The van der Waals surface area contributed by atoms with Crippen molar-refractivity contribution in [3.05, 3.63) is 64.8 Å². The molecule has 0 bridgehead atoms. The summed E-state index contributed by atoms with van der Waals surface area (Å²) >= 11 is 0. The minimum Gasteiger partial charge on any atom is -0.496 e. The van der Waals surface area contributed by atoms with Crippen molar-refractivity contribution < 1.29 is 27.8 Å². The summed E-state index contributed by atoms with van der Waals surface area (Å²) in [6.45, 7) is 2.64. The van der Waals surface area contributed by atoms with Crippen molar-refractivity contribution in [1.29, 1.82) is 0 Å². The smallest absolute Gasteiger partial charge is 0.401 e. The Kier molecular flexibility index (Phi) is 6.86. The Morgan fingerprint density at radius 2 is 1.94 bits per heavy atom. The number of nitrogens with zero attached hydrogens (tertiary/aromatic N) is 2. The zero-order valence-corrected chi connectivity index (χ0v) is 19.2. The Morgan fingerprint density at radius 3 is 2.59 bits per heavy atom. The second kappa shape index (κ2) is 9.68. The lowest BCUT2D eigenvalue weighted by Gasteiger charge is -2.33. The number of H-pyrrole nitrogens is 1. The molecule has 3 aromatic rings. The first-order valence-corrected chi connectivity index (χ1v) is 11.2. The van der Waals surface area contributed by atoms with Crippen molar-refractivity contribution in [3.63, 3.8) is 0 Å². The third-order valence-corrected chi connectivity index (χ3v) is 6.43. The SMILES string of the molecule is COc1cc(C)c2[nH]ccc2c1CN1CCCN(CC(F)(F)F)CC1c1ccc(C(=O)O)cc1. The number of hydrogen-bond acceptors (Lipinski definition) is 4. The molecule has 34 heavy (non-hydrogen) atoms. The van der Waals surface area contributed by atoms with E-state index < -0.39 is 18.7 Å². The van der Waals surface area contributed by atoms with Crippen molar-refractivity contribution in [3.8, 4) is 5.75 Å². The molecule has 0 aliphatic carbocycles. The van der Waals surface area contributed by atoms with E-state index in [-0.39, 0.29) is 18.2 Å². The molecule has 1 aliphatic heterocycles. The fraction of sp³-hybridized carbons (Fsp3) is 0.400. The van der Waals surface area contributed by atoms with E-state index in [0.29, 0.717) is 26.1 Å². The fourth-order valence-electron chi connectivity index (χ4n) is 4.84. The number of aryl methyl sites for hydroxylation is 1. The van der Waals surface area contributed by atoms with Crippen LogP contribution in [0.4, 0.5) is 13.2 Å². The van der Waals surface area contributed by atoms with Gasteiger partial charge in [0.1, 0.15) is 5.75 Å². The molecule has 2 N–H and O–H groups in total. The zero-order chi connectivity index (χ0) is 24.5. The molecule has 0 radical (unpaired) electrons. The summed E-state index contributed by atoms with van der Waals surface area (Å²) in [5, 5.41) is 10.3. The molecule has 0 saturated carbocycles. The Labute approximate surface area is 195 Å². The minimum atomic E-state index is -4.29. The third kappa shape index (κ3) is 5.20. The molecule has 0 amide bonds. The number of ether oxygens (including phenoxy) is 1. The molecule has 1 aliphatic rings. The quantitative estimate of drug-likeness (QED) is 0.526. The van der Waals surface area contributed by atoms with Gasteiger partial charge in [0.25, 0.3) is 0 Å². The molecule has 4 rings (SSSR count). The number of aromatic nitrogens is 1. The van der Waals surface area contributed by atoms with Gasteiger partial charge in [0.05, 0.1) is 19.2 Å². The van der Waals surface area contributed by atoms with E-state index in [2.05, 4.69) is 9.88 Å². The van der Waals surface area contributed by atoms with Crippen LogP contribution < -0.4 is 4.74 Å². The highest BCUT2D eigenvalue weighted by Gasteiger charge is 2.35. The summed E-state index contributed by atoms with van der Waals surface area (Å²) in [4.78, 5) is 18.2. The van der Waals surface area contributed by atoms with Gasteiger partial charge in [0, 0.05) is 48.3 Å². The van der Waals surface area contributed by atoms with E-state index in [1.807, 2.05) is 25.3 Å². The van der Waals surface area contributed by atoms with Gasteiger partial charge in [-0.05, 0) is 55.3 Å². The standard InChI is InChI=1S/C25H28F3N3O3/c1-16-12-22(34-2)20(19-8-9-29-23(16)19)13-31-11-3-10-30(15-25(26,27)28)14-21(31)17-4-6-18(7-5-17)24(32)33/h4-9,12,21,29H,3,10-11,13-15H2,1-2H3,(H,32,33). The van der Waals surface area contributed by atoms with E-state index in [0.717, 1.165) is 33.3 Å². The molecular weight excluding hydrogens is 447 g/mol. The van der Waals surface area contributed by atoms with Crippen LogP contribution in [-0.2, 0) is 6.54 Å². The summed E-state index contributed by atoms with van der Waals surface area (Å²) in [6.07, 6.45) is -1.83. The van der Waals surface area contributed by atoms with Gasteiger partial charge in [-0.3, -0.25) is 9.80 Å².